The maximum absolute atomic E-state index is 12.7. The van der Waals surface area contributed by atoms with Crippen LogP contribution in [0.2, 0.25) is 0 Å². The Labute approximate surface area is 123 Å². The maximum Gasteiger partial charge on any atom is 0.378 e. The van der Waals surface area contributed by atoms with Gasteiger partial charge in [0.2, 0.25) is 0 Å². The maximum atomic E-state index is 12.7. The van der Waals surface area contributed by atoms with Gasteiger partial charge in [-0.05, 0) is 39.0 Å². The van der Waals surface area contributed by atoms with E-state index in [4.69, 9.17) is 4.74 Å². The van der Waals surface area contributed by atoms with Gasteiger partial charge in [-0.2, -0.15) is 8.78 Å². The predicted octanol–water partition coefficient (Wildman–Crippen LogP) is 3.57. The van der Waals surface area contributed by atoms with Crippen LogP contribution in [0, 0.1) is 0 Å². The van der Waals surface area contributed by atoms with Crippen molar-refractivity contribution >= 4 is 33.5 Å². The number of alkyl halides is 3. The van der Waals surface area contributed by atoms with Gasteiger partial charge in [0.25, 0.3) is 0 Å². The molecule has 110 valence electrons. The minimum atomic E-state index is -3.67. The van der Waals surface area contributed by atoms with E-state index >= 15 is 0 Å². The number of benzene rings is 1. The molecule has 0 saturated heterocycles. The molecule has 0 spiro atoms. The molecule has 0 fully saturated rings. The van der Waals surface area contributed by atoms with Crippen LogP contribution in [-0.2, 0) is 9.53 Å². The summed E-state index contributed by atoms with van der Waals surface area (Å²) in [5.41, 5.74) is -0.424. The second-order valence-corrected chi connectivity index (χ2v) is 6.03. The Morgan fingerprint density at radius 1 is 1.25 bits per heavy atom. The fourth-order valence-electron chi connectivity index (χ4n) is 1.26. The SMILES string of the molecule is CC(C)(C)OC(=O)c1cccc(NC(=O)C(F)(F)Br)c1. The van der Waals surface area contributed by atoms with Crippen molar-refractivity contribution in [1.29, 1.82) is 0 Å². The van der Waals surface area contributed by atoms with E-state index < -0.39 is 22.3 Å². The minimum absolute atomic E-state index is 0.0810. The Kier molecular flexibility index (Phi) is 4.86. The monoisotopic (exact) mass is 349 g/mol. The number of ether oxygens (including phenoxy) is 1. The fourth-order valence-corrected chi connectivity index (χ4v) is 1.36. The third-order valence-electron chi connectivity index (χ3n) is 2.01. The van der Waals surface area contributed by atoms with E-state index in [1.807, 2.05) is 21.2 Å². The van der Waals surface area contributed by atoms with Gasteiger partial charge in [0.1, 0.15) is 5.60 Å². The molecular weight excluding hydrogens is 336 g/mol. The van der Waals surface area contributed by atoms with Crippen LogP contribution in [0.1, 0.15) is 31.1 Å². The van der Waals surface area contributed by atoms with Crippen molar-refractivity contribution in [2.75, 3.05) is 5.32 Å². The van der Waals surface area contributed by atoms with Crippen molar-refractivity contribution in [2.24, 2.45) is 0 Å². The van der Waals surface area contributed by atoms with Gasteiger partial charge in [0, 0.05) is 21.6 Å². The molecule has 20 heavy (non-hydrogen) atoms. The number of halogens is 3. The Balaban J connectivity index is 2.86. The quantitative estimate of drug-likeness (QED) is 0.670. The lowest BCUT2D eigenvalue weighted by Gasteiger charge is -2.19. The summed E-state index contributed by atoms with van der Waals surface area (Å²) in [5.74, 6) is -2.11. The lowest BCUT2D eigenvalue weighted by Crippen LogP contribution is -2.28. The first-order chi connectivity index (χ1) is 8.99. The van der Waals surface area contributed by atoms with Gasteiger partial charge in [-0.15, -0.1) is 0 Å². The van der Waals surface area contributed by atoms with Crippen molar-refractivity contribution in [3.63, 3.8) is 0 Å². The number of amides is 1. The average Bonchev–Trinajstić information content (AvgIpc) is 2.25. The van der Waals surface area contributed by atoms with Gasteiger partial charge in [0.05, 0.1) is 5.56 Å². The van der Waals surface area contributed by atoms with Crippen molar-refractivity contribution < 1.29 is 23.1 Å². The molecule has 0 radical (unpaired) electrons. The molecule has 0 unspecified atom stereocenters. The summed E-state index contributed by atoms with van der Waals surface area (Å²) in [6.45, 7) is 5.13. The minimum Gasteiger partial charge on any atom is -0.456 e. The molecule has 0 atom stereocenters. The van der Waals surface area contributed by atoms with Crippen molar-refractivity contribution in [2.45, 2.75) is 31.2 Å². The predicted molar refractivity (Wildman–Crippen MR) is 74.1 cm³/mol. The molecule has 0 heterocycles. The van der Waals surface area contributed by atoms with Gasteiger partial charge < -0.3 is 10.1 Å². The highest BCUT2D eigenvalue weighted by Crippen LogP contribution is 2.24. The molecule has 1 rings (SSSR count). The van der Waals surface area contributed by atoms with Crippen molar-refractivity contribution in [3.8, 4) is 0 Å². The van der Waals surface area contributed by atoms with Gasteiger partial charge in [-0.25, -0.2) is 4.79 Å². The standard InChI is InChI=1S/C13H14BrF2NO3/c1-12(2,3)20-10(18)8-5-4-6-9(7-8)17-11(19)13(14,15)16/h4-7H,1-3H3,(H,17,19). The largest absolute Gasteiger partial charge is 0.456 e. The van der Waals surface area contributed by atoms with E-state index in [2.05, 4.69) is 0 Å². The van der Waals surface area contributed by atoms with Crippen LogP contribution in [-0.4, -0.2) is 22.3 Å². The molecule has 0 aliphatic carbocycles. The second kappa shape index (κ2) is 5.87. The molecule has 0 saturated carbocycles. The summed E-state index contributed by atoms with van der Waals surface area (Å²) >= 11 is 1.95. The normalized spacial score (nSPS) is 11.9. The second-order valence-electron chi connectivity index (χ2n) is 5.03. The molecule has 1 aromatic carbocycles. The molecule has 0 aliphatic heterocycles. The van der Waals surface area contributed by atoms with E-state index in [0.717, 1.165) is 0 Å². The van der Waals surface area contributed by atoms with Crippen LogP contribution in [0.3, 0.4) is 0 Å². The number of carbonyl (C=O) groups excluding carboxylic acids is 2. The highest BCUT2D eigenvalue weighted by molar-refractivity contribution is 9.10. The highest BCUT2D eigenvalue weighted by Gasteiger charge is 2.35. The number of anilines is 1. The van der Waals surface area contributed by atoms with Crippen LogP contribution in [0.5, 0.6) is 0 Å². The third kappa shape index (κ3) is 5.24. The summed E-state index contributed by atoms with van der Waals surface area (Å²) in [7, 11) is 0. The molecule has 4 nitrogen and oxygen atoms in total. The van der Waals surface area contributed by atoms with E-state index in [-0.39, 0.29) is 11.3 Å². The smallest absolute Gasteiger partial charge is 0.378 e. The molecule has 1 amide bonds. The number of carbonyl (C=O) groups is 2. The first-order valence-electron chi connectivity index (χ1n) is 5.70. The first kappa shape index (κ1) is 16.6. The van der Waals surface area contributed by atoms with Gasteiger partial charge in [-0.1, -0.05) is 6.07 Å². The van der Waals surface area contributed by atoms with Crippen LogP contribution < -0.4 is 5.32 Å². The molecule has 0 bridgehead atoms. The molecule has 1 aromatic rings. The summed E-state index contributed by atoms with van der Waals surface area (Å²) in [6, 6.07) is 5.59. The average molecular weight is 350 g/mol. The Morgan fingerprint density at radius 3 is 2.35 bits per heavy atom. The molecule has 0 aliphatic rings. The number of hydrogen-bond donors (Lipinski definition) is 1. The van der Waals surface area contributed by atoms with Gasteiger partial charge in [-0.3, -0.25) is 4.79 Å². The molecule has 7 heteroatoms. The molecule has 0 aromatic heterocycles. The van der Waals surface area contributed by atoms with E-state index in [0.29, 0.717) is 0 Å². The van der Waals surface area contributed by atoms with Crippen LogP contribution in [0.25, 0.3) is 0 Å². The third-order valence-corrected chi connectivity index (χ3v) is 2.37. The number of rotatable bonds is 3. The zero-order valence-corrected chi connectivity index (χ0v) is 12.8. The van der Waals surface area contributed by atoms with E-state index in [1.165, 1.54) is 24.3 Å². The topological polar surface area (TPSA) is 55.4 Å². The van der Waals surface area contributed by atoms with E-state index in [1.54, 1.807) is 20.8 Å². The molecule has 1 N–H and O–H groups in total. The number of esters is 1. The lowest BCUT2D eigenvalue weighted by atomic mass is 10.1. The van der Waals surface area contributed by atoms with Crippen LogP contribution >= 0.6 is 15.9 Å². The summed E-state index contributed by atoms with van der Waals surface area (Å²) in [5, 5.41) is 2.00. The van der Waals surface area contributed by atoms with Gasteiger partial charge in [0.15, 0.2) is 0 Å². The summed E-state index contributed by atoms with van der Waals surface area (Å²) in [6.07, 6.45) is 0. The number of hydrogen-bond acceptors (Lipinski definition) is 3. The Morgan fingerprint density at radius 2 is 1.85 bits per heavy atom. The van der Waals surface area contributed by atoms with Crippen molar-refractivity contribution in [1.82, 2.24) is 0 Å². The zero-order chi connectivity index (χ0) is 15.6. The number of nitrogens with one attached hydrogen (secondary N) is 1. The summed E-state index contributed by atoms with van der Waals surface area (Å²) in [4.78, 5) is 19.3. The Hall–Kier alpha value is -1.50. The highest BCUT2D eigenvalue weighted by atomic mass is 79.9. The van der Waals surface area contributed by atoms with Crippen LogP contribution in [0.4, 0.5) is 14.5 Å². The van der Waals surface area contributed by atoms with Crippen LogP contribution in [0.15, 0.2) is 24.3 Å². The zero-order valence-electron chi connectivity index (χ0n) is 11.2. The lowest BCUT2D eigenvalue weighted by molar-refractivity contribution is -0.128. The Bertz CT molecular complexity index is 521. The van der Waals surface area contributed by atoms with Crippen molar-refractivity contribution in [3.05, 3.63) is 29.8 Å². The summed E-state index contributed by atoms with van der Waals surface area (Å²) < 4.78 is 30.5. The van der Waals surface area contributed by atoms with Gasteiger partial charge >= 0.3 is 16.7 Å². The first-order valence-corrected chi connectivity index (χ1v) is 6.50. The van der Waals surface area contributed by atoms with E-state index in [9.17, 15) is 18.4 Å². The molecular formula is C13H14BrF2NO3. The fraction of sp³-hybridized carbons (Fsp3) is 0.385.